The van der Waals surface area contributed by atoms with E-state index in [-0.39, 0.29) is 12.4 Å². The number of benzene rings is 1. The lowest BCUT2D eigenvalue weighted by atomic mass is 10.0. The first-order chi connectivity index (χ1) is 13.4. The van der Waals surface area contributed by atoms with E-state index >= 15 is 0 Å². The molecule has 0 aliphatic heterocycles. The van der Waals surface area contributed by atoms with Crippen molar-refractivity contribution >= 4 is 23.7 Å². The number of nitrogens with one attached hydrogen (secondary N) is 2. The van der Waals surface area contributed by atoms with E-state index in [0.717, 1.165) is 18.2 Å². The second-order valence-electron chi connectivity index (χ2n) is 6.37. The Morgan fingerprint density at radius 3 is 2.61 bits per heavy atom. The molecule has 0 radical (unpaired) electrons. The summed E-state index contributed by atoms with van der Waals surface area (Å²) < 4.78 is 6.97. The summed E-state index contributed by atoms with van der Waals surface area (Å²) in [5.41, 5.74) is 1.23. The van der Waals surface area contributed by atoms with Gasteiger partial charge in [-0.15, -0.1) is 10.2 Å². The topological polar surface area (TPSA) is 124 Å². The van der Waals surface area contributed by atoms with Gasteiger partial charge in [0, 0.05) is 6.54 Å². The second-order valence-corrected chi connectivity index (χ2v) is 7.32. The first-order valence-corrected chi connectivity index (χ1v) is 10.0. The molecule has 0 spiro atoms. The van der Waals surface area contributed by atoms with Crippen LogP contribution in [0, 0.1) is 0 Å². The summed E-state index contributed by atoms with van der Waals surface area (Å²) in [6.07, 6.45) is 0.791. The number of nitrogens with zero attached hydrogens (tertiary/aromatic N) is 3. The number of rotatable bonds is 9. The molecule has 2 aromatic rings. The Morgan fingerprint density at radius 2 is 1.96 bits per heavy atom. The van der Waals surface area contributed by atoms with Gasteiger partial charge in [0.2, 0.25) is 11.1 Å². The molecule has 3 amide bonds. The van der Waals surface area contributed by atoms with Gasteiger partial charge >= 0.3 is 6.03 Å². The molecule has 0 fully saturated rings. The van der Waals surface area contributed by atoms with Crippen molar-refractivity contribution in [2.45, 2.75) is 44.9 Å². The Hall–Kier alpha value is -2.75. The summed E-state index contributed by atoms with van der Waals surface area (Å²) in [7, 11) is 0. The molecule has 1 aromatic carbocycles. The fourth-order valence-corrected chi connectivity index (χ4v) is 2.85. The predicted octanol–water partition coefficient (Wildman–Crippen LogP) is 2.02. The van der Waals surface area contributed by atoms with Gasteiger partial charge in [0.05, 0.1) is 5.75 Å². The summed E-state index contributed by atoms with van der Waals surface area (Å²) in [4.78, 5) is 23.2. The molecule has 2 rings (SSSR count). The molecule has 10 heteroatoms. The highest BCUT2D eigenvalue weighted by Crippen LogP contribution is 2.20. The van der Waals surface area contributed by atoms with Crippen LogP contribution in [0.4, 0.5) is 4.79 Å². The third kappa shape index (κ3) is 6.45. The number of ether oxygens (including phenoxy) is 1. The third-order valence-corrected chi connectivity index (χ3v) is 4.71. The number of nitrogens with two attached hydrogens (primary N) is 1. The van der Waals surface area contributed by atoms with Crippen LogP contribution in [0.3, 0.4) is 0 Å². The maximum atomic E-state index is 11.8. The smallest absolute Gasteiger partial charge is 0.321 e. The summed E-state index contributed by atoms with van der Waals surface area (Å²) in [5.74, 6) is 7.11. The number of urea groups is 1. The number of hydrogen-bond donors (Lipinski definition) is 3. The van der Waals surface area contributed by atoms with E-state index < -0.39 is 11.9 Å². The Labute approximate surface area is 168 Å². The number of amides is 3. The highest BCUT2D eigenvalue weighted by molar-refractivity contribution is 7.99. The van der Waals surface area contributed by atoms with Gasteiger partial charge in [-0.25, -0.2) is 9.47 Å². The summed E-state index contributed by atoms with van der Waals surface area (Å²) in [6, 6.07) is 7.32. The fourth-order valence-electron chi connectivity index (χ4n) is 2.18. The normalized spacial score (nSPS) is 10.7. The minimum Gasteiger partial charge on any atom is -0.486 e. The van der Waals surface area contributed by atoms with Crippen molar-refractivity contribution in [2.24, 2.45) is 0 Å². The zero-order chi connectivity index (χ0) is 20.5. The molecular formula is C18H26N6O3S. The van der Waals surface area contributed by atoms with Gasteiger partial charge in [-0.1, -0.05) is 44.7 Å². The summed E-state index contributed by atoms with van der Waals surface area (Å²) in [6.45, 7) is 6.84. The van der Waals surface area contributed by atoms with Crippen LogP contribution in [0.15, 0.2) is 29.4 Å². The minimum atomic E-state index is -0.515. The number of carbonyl (C=O) groups excluding carboxylic acids is 2. The quantitative estimate of drug-likeness (QED) is 0.430. The van der Waals surface area contributed by atoms with E-state index in [1.807, 2.05) is 31.2 Å². The van der Waals surface area contributed by atoms with E-state index in [0.29, 0.717) is 29.2 Å². The van der Waals surface area contributed by atoms with Crippen molar-refractivity contribution in [3.8, 4) is 5.75 Å². The van der Waals surface area contributed by atoms with Crippen LogP contribution in [0.1, 0.15) is 44.5 Å². The van der Waals surface area contributed by atoms with E-state index in [4.69, 9.17) is 10.6 Å². The van der Waals surface area contributed by atoms with Crippen molar-refractivity contribution in [1.29, 1.82) is 0 Å². The van der Waals surface area contributed by atoms with Gasteiger partial charge in [0.1, 0.15) is 12.4 Å². The second kappa shape index (κ2) is 10.5. The zero-order valence-electron chi connectivity index (χ0n) is 16.3. The Bertz CT molecular complexity index is 791. The molecule has 0 unspecified atom stereocenters. The molecule has 1 heterocycles. The van der Waals surface area contributed by atoms with Crippen LogP contribution in [-0.4, -0.2) is 39.1 Å². The highest BCUT2D eigenvalue weighted by atomic mass is 32.2. The largest absolute Gasteiger partial charge is 0.486 e. The number of nitrogen functional groups attached to an aromatic ring is 1. The first-order valence-electron chi connectivity index (χ1n) is 9.03. The molecule has 9 nitrogen and oxygen atoms in total. The molecule has 152 valence electrons. The van der Waals surface area contributed by atoms with E-state index in [9.17, 15) is 9.59 Å². The van der Waals surface area contributed by atoms with Crippen molar-refractivity contribution in [1.82, 2.24) is 25.5 Å². The minimum absolute atomic E-state index is 0.00754. The van der Waals surface area contributed by atoms with Gasteiger partial charge in [-0.05, 0) is 30.0 Å². The average molecular weight is 407 g/mol. The maximum absolute atomic E-state index is 11.8. The molecule has 0 atom stereocenters. The highest BCUT2D eigenvalue weighted by Gasteiger charge is 2.14. The van der Waals surface area contributed by atoms with Crippen LogP contribution in [0.2, 0.25) is 0 Å². The molecule has 0 bridgehead atoms. The van der Waals surface area contributed by atoms with Crippen molar-refractivity contribution in [2.75, 3.05) is 18.1 Å². The molecule has 0 saturated heterocycles. The van der Waals surface area contributed by atoms with E-state index in [2.05, 4.69) is 34.7 Å². The number of hydrogen-bond acceptors (Lipinski definition) is 7. The SMILES string of the molecule is CCCNC(=O)NC(=O)CSc1nnc(COc2ccc(C(C)C)cc2)n1N. The van der Waals surface area contributed by atoms with Gasteiger partial charge in [-0.2, -0.15) is 0 Å². The zero-order valence-corrected chi connectivity index (χ0v) is 17.1. The van der Waals surface area contributed by atoms with E-state index in [1.54, 1.807) is 0 Å². The lowest BCUT2D eigenvalue weighted by Crippen LogP contribution is -2.40. The van der Waals surface area contributed by atoms with Crippen LogP contribution in [-0.2, 0) is 11.4 Å². The third-order valence-electron chi connectivity index (χ3n) is 3.77. The molecule has 4 N–H and O–H groups in total. The molecule has 0 aliphatic rings. The maximum Gasteiger partial charge on any atom is 0.321 e. The van der Waals surface area contributed by atoms with Crippen LogP contribution < -0.4 is 21.2 Å². The number of thioether (sulfide) groups is 1. The number of carbonyl (C=O) groups is 2. The molecule has 0 saturated carbocycles. The molecule has 0 aliphatic carbocycles. The first kappa shape index (κ1) is 21.5. The van der Waals surface area contributed by atoms with Gasteiger partial charge in [-0.3, -0.25) is 10.1 Å². The standard InChI is InChI=1S/C18H26N6O3S/c1-4-9-20-17(26)21-16(25)11-28-18-23-22-15(24(18)19)10-27-14-7-5-13(6-8-14)12(2)3/h5-8,12H,4,9-11,19H2,1-3H3,(H2,20,21,25,26). The lowest BCUT2D eigenvalue weighted by Gasteiger charge is -2.09. The Balaban J connectivity index is 1.82. The average Bonchev–Trinajstić information content (AvgIpc) is 3.03. The molecule has 28 heavy (non-hydrogen) atoms. The van der Waals surface area contributed by atoms with Crippen LogP contribution >= 0.6 is 11.8 Å². The summed E-state index contributed by atoms with van der Waals surface area (Å²) >= 11 is 1.09. The molecular weight excluding hydrogens is 380 g/mol. The van der Waals surface area contributed by atoms with Crippen molar-refractivity contribution < 1.29 is 14.3 Å². The number of aromatic nitrogens is 3. The number of imide groups is 1. The van der Waals surface area contributed by atoms with Crippen LogP contribution in [0.5, 0.6) is 5.75 Å². The van der Waals surface area contributed by atoms with Gasteiger partial charge < -0.3 is 15.9 Å². The fraction of sp³-hybridized carbons (Fsp3) is 0.444. The van der Waals surface area contributed by atoms with Gasteiger partial charge in [0.15, 0.2) is 5.82 Å². The van der Waals surface area contributed by atoms with E-state index in [1.165, 1.54) is 10.2 Å². The van der Waals surface area contributed by atoms with Gasteiger partial charge in [0.25, 0.3) is 0 Å². The van der Waals surface area contributed by atoms with Crippen molar-refractivity contribution in [3.63, 3.8) is 0 Å². The monoisotopic (exact) mass is 406 g/mol. The van der Waals surface area contributed by atoms with Crippen LogP contribution in [0.25, 0.3) is 0 Å². The van der Waals surface area contributed by atoms with Crippen molar-refractivity contribution in [3.05, 3.63) is 35.7 Å². The Morgan fingerprint density at radius 1 is 1.25 bits per heavy atom. The predicted molar refractivity (Wildman–Crippen MR) is 108 cm³/mol. The molecule has 1 aromatic heterocycles. The summed E-state index contributed by atoms with van der Waals surface area (Å²) in [5, 5.41) is 13.1. The Kier molecular flexibility index (Phi) is 8.12. The lowest BCUT2D eigenvalue weighted by molar-refractivity contribution is -0.117.